The van der Waals surface area contributed by atoms with Crippen LogP contribution < -0.4 is 11.1 Å². The van der Waals surface area contributed by atoms with Crippen molar-refractivity contribution < 1.29 is 14.7 Å². The summed E-state index contributed by atoms with van der Waals surface area (Å²) in [6.07, 6.45) is 5.39. The molecule has 2 rings (SSSR count). The second kappa shape index (κ2) is 5.83. The number of aromatic amines is 1. The predicted octanol–water partition coefficient (Wildman–Crippen LogP) is -0.351. The van der Waals surface area contributed by atoms with E-state index in [0.717, 1.165) is 12.8 Å². The van der Waals surface area contributed by atoms with E-state index in [2.05, 4.69) is 15.3 Å². The molecule has 1 amide bonds. The SMILES string of the molecule is NC1CCC(C(=O)N[C@H](Cc2cnc[nH]2)C(=O)O)C1. The third kappa shape index (κ3) is 3.54. The number of carboxylic acid groups (broad SMARTS) is 1. The molecule has 1 fully saturated rings. The lowest BCUT2D eigenvalue weighted by atomic mass is 10.1. The van der Waals surface area contributed by atoms with E-state index in [1.165, 1.54) is 6.33 Å². The molecule has 1 saturated carbocycles. The molecule has 3 atom stereocenters. The Kier molecular flexibility index (Phi) is 4.16. The topological polar surface area (TPSA) is 121 Å². The Bertz CT molecular complexity index is 446. The molecule has 0 radical (unpaired) electrons. The molecule has 2 unspecified atom stereocenters. The van der Waals surface area contributed by atoms with Gasteiger partial charge in [-0.25, -0.2) is 9.78 Å². The monoisotopic (exact) mass is 266 g/mol. The summed E-state index contributed by atoms with van der Waals surface area (Å²) in [5, 5.41) is 11.7. The van der Waals surface area contributed by atoms with Gasteiger partial charge in [-0.3, -0.25) is 4.79 Å². The van der Waals surface area contributed by atoms with Gasteiger partial charge in [0.05, 0.1) is 6.33 Å². The molecule has 1 aromatic rings. The highest BCUT2D eigenvalue weighted by atomic mass is 16.4. The van der Waals surface area contributed by atoms with Gasteiger partial charge < -0.3 is 21.1 Å². The van der Waals surface area contributed by atoms with Crippen LogP contribution in [0.4, 0.5) is 0 Å². The van der Waals surface area contributed by atoms with Gasteiger partial charge in [0.1, 0.15) is 6.04 Å². The van der Waals surface area contributed by atoms with E-state index < -0.39 is 12.0 Å². The summed E-state index contributed by atoms with van der Waals surface area (Å²) in [5.41, 5.74) is 6.43. The van der Waals surface area contributed by atoms with Crippen molar-refractivity contribution in [3.8, 4) is 0 Å². The number of carbonyl (C=O) groups excluding carboxylic acids is 1. The lowest BCUT2D eigenvalue weighted by molar-refractivity contribution is -0.142. The molecular weight excluding hydrogens is 248 g/mol. The van der Waals surface area contributed by atoms with Gasteiger partial charge in [0, 0.05) is 30.3 Å². The Morgan fingerprint density at radius 3 is 2.89 bits per heavy atom. The van der Waals surface area contributed by atoms with E-state index in [9.17, 15) is 9.59 Å². The Balaban J connectivity index is 1.93. The zero-order valence-electron chi connectivity index (χ0n) is 10.5. The molecule has 19 heavy (non-hydrogen) atoms. The van der Waals surface area contributed by atoms with Crippen LogP contribution in [0.2, 0.25) is 0 Å². The van der Waals surface area contributed by atoms with Gasteiger partial charge in [0.2, 0.25) is 5.91 Å². The number of nitrogens with two attached hydrogens (primary N) is 1. The highest BCUT2D eigenvalue weighted by Gasteiger charge is 2.30. The summed E-state index contributed by atoms with van der Waals surface area (Å²) in [4.78, 5) is 29.8. The number of aromatic nitrogens is 2. The van der Waals surface area contributed by atoms with Crippen LogP contribution in [0.25, 0.3) is 0 Å². The molecule has 0 aromatic carbocycles. The van der Waals surface area contributed by atoms with Crippen LogP contribution in [0.15, 0.2) is 12.5 Å². The molecule has 7 nitrogen and oxygen atoms in total. The highest BCUT2D eigenvalue weighted by Crippen LogP contribution is 2.24. The molecule has 104 valence electrons. The van der Waals surface area contributed by atoms with Gasteiger partial charge in [-0.15, -0.1) is 0 Å². The standard InChI is InChI=1S/C12H18N4O3/c13-8-2-1-7(3-8)11(17)16-10(12(18)19)4-9-5-14-6-15-9/h5-8,10H,1-4,13H2,(H,14,15)(H,16,17)(H,18,19)/t7?,8?,10-/m1/s1. The van der Waals surface area contributed by atoms with E-state index in [4.69, 9.17) is 10.8 Å². The Morgan fingerprint density at radius 2 is 2.37 bits per heavy atom. The maximum atomic E-state index is 12.0. The largest absolute Gasteiger partial charge is 0.480 e. The number of carboxylic acids is 1. The molecular formula is C12H18N4O3. The molecule has 1 aliphatic carbocycles. The van der Waals surface area contributed by atoms with Gasteiger partial charge in [-0.1, -0.05) is 0 Å². The van der Waals surface area contributed by atoms with Crippen LogP contribution in [0.1, 0.15) is 25.0 Å². The lowest BCUT2D eigenvalue weighted by Crippen LogP contribution is -2.44. The van der Waals surface area contributed by atoms with Crippen LogP contribution in [0, 0.1) is 5.92 Å². The molecule has 0 bridgehead atoms. The Hall–Kier alpha value is -1.89. The molecule has 5 N–H and O–H groups in total. The summed E-state index contributed by atoms with van der Waals surface area (Å²) in [5.74, 6) is -1.44. The fourth-order valence-corrected chi connectivity index (χ4v) is 2.36. The van der Waals surface area contributed by atoms with Crippen molar-refractivity contribution in [2.45, 2.75) is 37.8 Å². The number of rotatable bonds is 5. The second-order valence-corrected chi connectivity index (χ2v) is 4.95. The third-order valence-corrected chi connectivity index (χ3v) is 3.44. The average Bonchev–Trinajstić information content (AvgIpc) is 2.99. The number of hydrogen-bond donors (Lipinski definition) is 4. The minimum Gasteiger partial charge on any atom is -0.480 e. The van der Waals surface area contributed by atoms with E-state index in [1.54, 1.807) is 6.20 Å². The van der Waals surface area contributed by atoms with Crippen LogP contribution in [0.3, 0.4) is 0 Å². The second-order valence-electron chi connectivity index (χ2n) is 4.95. The van der Waals surface area contributed by atoms with Gasteiger partial charge in [-0.05, 0) is 19.3 Å². The molecule has 0 saturated heterocycles. The third-order valence-electron chi connectivity index (χ3n) is 3.44. The number of nitrogens with zero attached hydrogens (tertiary/aromatic N) is 1. The van der Waals surface area contributed by atoms with E-state index in [-0.39, 0.29) is 24.3 Å². The number of hydrogen-bond acceptors (Lipinski definition) is 4. The summed E-state index contributed by atoms with van der Waals surface area (Å²) in [6.45, 7) is 0. The summed E-state index contributed by atoms with van der Waals surface area (Å²) in [6, 6.07) is -0.892. The van der Waals surface area contributed by atoms with E-state index in [1.807, 2.05) is 0 Å². The normalized spacial score (nSPS) is 24.1. The average molecular weight is 266 g/mol. The van der Waals surface area contributed by atoms with Crippen molar-refractivity contribution >= 4 is 11.9 Å². The minimum atomic E-state index is -1.05. The maximum absolute atomic E-state index is 12.0. The van der Waals surface area contributed by atoms with Crippen LogP contribution in [-0.4, -0.2) is 39.0 Å². The van der Waals surface area contributed by atoms with Crippen molar-refractivity contribution in [1.82, 2.24) is 15.3 Å². The minimum absolute atomic E-state index is 0.0478. The quantitative estimate of drug-likeness (QED) is 0.580. The first-order valence-electron chi connectivity index (χ1n) is 6.32. The van der Waals surface area contributed by atoms with Crippen molar-refractivity contribution in [1.29, 1.82) is 0 Å². The van der Waals surface area contributed by atoms with Crippen molar-refractivity contribution in [3.63, 3.8) is 0 Å². The summed E-state index contributed by atoms with van der Waals surface area (Å²) < 4.78 is 0. The Labute approximate surface area is 110 Å². The van der Waals surface area contributed by atoms with Crippen molar-refractivity contribution in [2.24, 2.45) is 11.7 Å². The first-order chi connectivity index (χ1) is 9.06. The van der Waals surface area contributed by atoms with Crippen molar-refractivity contribution in [2.75, 3.05) is 0 Å². The molecule has 0 aliphatic heterocycles. The smallest absolute Gasteiger partial charge is 0.326 e. The predicted molar refractivity (Wildman–Crippen MR) is 67.2 cm³/mol. The van der Waals surface area contributed by atoms with Gasteiger partial charge >= 0.3 is 5.97 Å². The number of H-pyrrole nitrogens is 1. The lowest BCUT2D eigenvalue weighted by Gasteiger charge is -2.16. The zero-order chi connectivity index (χ0) is 13.8. The van der Waals surface area contributed by atoms with E-state index >= 15 is 0 Å². The number of nitrogens with one attached hydrogen (secondary N) is 2. The number of amides is 1. The summed E-state index contributed by atoms with van der Waals surface area (Å²) in [7, 11) is 0. The van der Waals surface area contributed by atoms with Gasteiger partial charge in [0.15, 0.2) is 0 Å². The van der Waals surface area contributed by atoms with Crippen LogP contribution >= 0.6 is 0 Å². The number of carbonyl (C=O) groups is 2. The van der Waals surface area contributed by atoms with E-state index in [0.29, 0.717) is 12.1 Å². The first kappa shape index (κ1) is 13.5. The first-order valence-corrected chi connectivity index (χ1v) is 6.32. The van der Waals surface area contributed by atoms with Gasteiger partial charge in [-0.2, -0.15) is 0 Å². The number of imidazole rings is 1. The highest BCUT2D eigenvalue weighted by molar-refractivity contribution is 5.85. The molecule has 1 aromatic heterocycles. The molecule has 7 heteroatoms. The molecule has 1 aliphatic rings. The zero-order valence-corrected chi connectivity index (χ0v) is 10.5. The van der Waals surface area contributed by atoms with Crippen LogP contribution in [0.5, 0.6) is 0 Å². The van der Waals surface area contributed by atoms with Crippen LogP contribution in [-0.2, 0) is 16.0 Å². The number of aliphatic carboxylic acids is 1. The molecule has 0 spiro atoms. The van der Waals surface area contributed by atoms with Gasteiger partial charge in [0.25, 0.3) is 0 Å². The summed E-state index contributed by atoms with van der Waals surface area (Å²) >= 11 is 0. The fraction of sp³-hybridized carbons (Fsp3) is 0.583. The fourth-order valence-electron chi connectivity index (χ4n) is 2.36. The maximum Gasteiger partial charge on any atom is 0.326 e. The van der Waals surface area contributed by atoms with Crippen molar-refractivity contribution in [3.05, 3.63) is 18.2 Å². The molecule has 1 heterocycles. The Morgan fingerprint density at radius 1 is 1.58 bits per heavy atom.